The Labute approximate surface area is 125 Å². The average Bonchev–Trinajstić information content (AvgIpc) is 3.24. The summed E-state index contributed by atoms with van der Waals surface area (Å²) in [7, 11) is 0. The molecular weight excluding hydrogens is 264 g/mol. The van der Waals surface area contributed by atoms with E-state index in [0.29, 0.717) is 25.6 Å². The van der Waals surface area contributed by atoms with Gasteiger partial charge in [-0.25, -0.2) is 0 Å². The van der Waals surface area contributed by atoms with Crippen molar-refractivity contribution >= 4 is 5.91 Å². The van der Waals surface area contributed by atoms with Crippen molar-refractivity contribution in [3.63, 3.8) is 0 Å². The van der Waals surface area contributed by atoms with Crippen LogP contribution in [0.15, 0.2) is 24.3 Å². The van der Waals surface area contributed by atoms with Crippen molar-refractivity contribution in [1.82, 2.24) is 4.90 Å². The third-order valence-corrected chi connectivity index (χ3v) is 4.94. The third-order valence-electron chi connectivity index (χ3n) is 4.94. The highest BCUT2D eigenvalue weighted by Gasteiger charge is 2.41. The highest BCUT2D eigenvalue weighted by Crippen LogP contribution is 2.44. The molecule has 4 heteroatoms. The lowest BCUT2D eigenvalue weighted by atomic mass is 9.66. The Morgan fingerprint density at radius 3 is 2.67 bits per heavy atom. The van der Waals surface area contributed by atoms with E-state index in [2.05, 4.69) is 0 Å². The van der Waals surface area contributed by atoms with E-state index in [4.69, 9.17) is 5.73 Å². The molecular formula is C17H24N2O2. The van der Waals surface area contributed by atoms with Crippen molar-refractivity contribution < 1.29 is 9.90 Å². The van der Waals surface area contributed by atoms with Crippen molar-refractivity contribution in [1.29, 1.82) is 0 Å². The second-order valence-corrected chi connectivity index (χ2v) is 6.66. The van der Waals surface area contributed by atoms with Crippen LogP contribution < -0.4 is 5.73 Å². The summed E-state index contributed by atoms with van der Waals surface area (Å²) in [4.78, 5) is 14.7. The molecule has 0 bridgehead atoms. The fourth-order valence-electron chi connectivity index (χ4n) is 3.21. The molecule has 21 heavy (non-hydrogen) atoms. The van der Waals surface area contributed by atoms with E-state index in [1.54, 1.807) is 12.1 Å². The maximum atomic E-state index is 12.7. The molecule has 0 radical (unpaired) electrons. The van der Waals surface area contributed by atoms with Crippen LogP contribution >= 0.6 is 0 Å². The zero-order chi connectivity index (χ0) is 14.9. The summed E-state index contributed by atoms with van der Waals surface area (Å²) in [5, 5.41) is 9.57. The lowest BCUT2D eigenvalue weighted by molar-refractivity contribution is -0.136. The minimum Gasteiger partial charge on any atom is -0.508 e. The van der Waals surface area contributed by atoms with Gasteiger partial charge in [0, 0.05) is 19.0 Å². The molecule has 2 fully saturated rings. The van der Waals surface area contributed by atoms with Crippen LogP contribution in [0.1, 0.15) is 44.1 Å². The molecule has 3 N–H and O–H groups in total. The predicted molar refractivity (Wildman–Crippen MR) is 81.6 cm³/mol. The molecule has 3 rings (SSSR count). The topological polar surface area (TPSA) is 66.6 Å². The standard InChI is InChI=1S/C17H24N2O2/c18-12-17(7-2-8-17)10-16(21)19(14-5-6-14)11-13-3-1-4-15(20)9-13/h1,3-4,9,14,20H,2,5-8,10-12,18H2. The van der Waals surface area contributed by atoms with Gasteiger partial charge in [-0.05, 0) is 55.3 Å². The van der Waals surface area contributed by atoms with Gasteiger partial charge in [-0.3, -0.25) is 4.79 Å². The van der Waals surface area contributed by atoms with Gasteiger partial charge in [0.05, 0.1) is 0 Å². The lowest BCUT2D eigenvalue weighted by Gasteiger charge is -2.41. The molecule has 1 amide bonds. The molecule has 1 aromatic carbocycles. The maximum absolute atomic E-state index is 12.7. The van der Waals surface area contributed by atoms with Gasteiger partial charge in [-0.1, -0.05) is 18.6 Å². The maximum Gasteiger partial charge on any atom is 0.223 e. The van der Waals surface area contributed by atoms with Crippen molar-refractivity contribution in [2.75, 3.05) is 6.54 Å². The molecule has 2 saturated carbocycles. The van der Waals surface area contributed by atoms with E-state index in [9.17, 15) is 9.90 Å². The fourth-order valence-corrected chi connectivity index (χ4v) is 3.21. The van der Waals surface area contributed by atoms with Gasteiger partial charge in [-0.15, -0.1) is 0 Å². The summed E-state index contributed by atoms with van der Waals surface area (Å²) in [5.74, 6) is 0.485. The summed E-state index contributed by atoms with van der Waals surface area (Å²) in [6.45, 7) is 1.21. The Morgan fingerprint density at radius 1 is 1.38 bits per heavy atom. The number of amides is 1. The van der Waals surface area contributed by atoms with Gasteiger partial charge in [0.2, 0.25) is 5.91 Å². The monoisotopic (exact) mass is 288 g/mol. The number of phenolic OH excluding ortho intramolecular Hbond substituents is 1. The van der Waals surface area contributed by atoms with E-state index in [0.717, 1.165) is 31.2 Å². The Hall–Kier alpha value is -1.55. The first-order chi connectivity index (χ1) is 10.1. The number of aromatic hydroxyl groups is 1. The summed E-state index contributed by atoms with van der Waals surface area (Å²) in [5.41, 5.74) is 6.93. The molecule has 0 atom stereocenters. The van der Waals surface area contributed by atoms with Crippen molar-refractivity contribution in [2.45, 2.75) is 51.1 Å². The highest BCUT2D eigenvalue weighted by molar-refractivity contribution is 5.78. The number of benzene rings is 1. The van der Waals surface area contributed by atoms with E-state index in [1.165, 1.54) is 6.42 Å². The van der Waals surface area contributed by atoms with Gasteiger partial charge >= 0.3 is 0 Å². The van der Waals surface area contributed by atoms with Crippen LogP contribution in [-0.2, 0) is 11.3 Å². The first-order valence-electron chi connectivity index (χ1n) is 7.89. The smallest absolute Gasteiger partial charge is 0.223 e. The number of nitrogens with zero attached hydrogens (tertiary/aromatic N) is 1. The van der Waals surface area contributed by atoms with Crippen molar-refractivity contribution in [3.05, 3.63) is 29.8 Å². The SMILES string of the molecule is NCC1(CC(=O)N(Cc2cccc(O)c2)C2CC2)CCC1. The quantitative estimate of drug-likeness (QED) is 0.844. The van der Waals surface area contributed by atoms with Crippen LogP contribution in [0.4, 0.5) is 0 Å². The normalized spacial score (nSPS) is 19.9. The molecule has 2 aliphatic rings. The Kier molecular flexibility index (Phi) is 3.89. The van der Waals surface area contributed by atoms with Crippen LogP contribution in [0, 0.1) is 5.41 Å². The fraction of sp³-hybridized carbons (Fsp3) is 0.588. The lowest BCUT2D eigenvalue weighted by Crippen LogP contribution is -2.43. The molecule has 2 aliphatic carbocycles. The number of rotatable bonds is 6. The average molecular weight is 288 g/mol. The molecule has 4 nitrogen and oxygen atoms in total. The summed E-state index contributed by atoms with van der Waals surface area (Å²) in [6.07, 6.45) is 6.14. The Bertz CT molecular complexity index is 516. The number of carbonyl (C=O) groups excluding carboxylic acids is 1. The van der Waals surface area contributed by atoms with E-state index >= 15 is 0 Å². The largest absolute Gasteiger partial charge is 0.508 e. The summed E-state index contributed by atoms with van der Waals surface area (Å²) < 4.78 is 0. The van der Waals surface area contributed by atoms with Gasteiger partial charge < -0.3 is 15.7 Å². The van der Waals surface area contributed by atoms with Crippen LogP contribution in [0.5, 0.6) is 5.75 Å². The predicted octanol–water partition coefficient (Wildman–Crippen LogP) is 2.40. The first-order valence-corrected chi connectivity index (χ1v) is 7.89. The molecule has 0 heterocycles. The third kappa shape index (κ3) is 3.21. The molecule has 0 spiro atoms. The first kappa shape index (κ1) is 14.4. The number of phenols is 1. The second kappa shape index (κ2) is 5.68. The zero-order valence-corrected chi connectivity index (χ0v) is 12.4. The number of carbonyl (C=O) groups is 1. The number of hydrogen-bond donors (Lipinski definition) is 2. The van der Waals surface area contributed by atoms with Gasteiger partial charge in [0.1, 0.15) is 5.75 Å². The highest BCUT2D eigenvalue weighted by atomic mass is 16.3. The minimum atomic E-state index is 0.0586. The van der Waals surface area contributed by atoms with Crippen LogP contribution in [0.2, 0.25) is 0 Å². The van der Waals surface area contributed by atoms with Gasteiger partial charge in [0.25, 0.3) is 0 Å². The Morgan fingerprint density at radius 2 is 2.14 bits per heavy atom. The second-order valence-electron chi connectivity index (χ2n) is 6.66. The Balaban J connectivity index is 1.68. The van der Waals surface area contributed by atoms with Crippen molar-refractivity contribution in [3.8, 4) is 5.75 Å². The van der Waals surface area contributed by atoms with Crippen LogP contribution in [0.25, 0.3) is 0 Å². The molecule has 0 aliphatic heterocycles. The number of nitrogens with two attached hydrogens (primary N) is 1. The van der Waals surface area contributed by atoms with Crippen LogP contribution in [0.3, 0.4) is 0 Å². The zero-order valence-electron chi connectivity index (χ0n) is 12.4. The number of hydrogen-bond acceptors (Lipinski definition) is 3. The summed E-state index contributed by atoms with van der Waals surface area (Å²) in [6, 6.07) is 7.57. The van der Waals surface area contributed by atoms with Gasteiger partial charge in [-0.2, -0.15) is 0 Å². The van der Waals surface area contributed by atoms with E-state index < -0.39 is 0 Å². The molecule has 0 aromatic heterocycles. The van der Waals surface area contributed by atoms with Crippen LogP contribution in [-0.4, -0.2) is 28.5 Å². The van der Waals surface area contributed by atoms with Gasteiger partial charge in [0.15, 0.2) is 0 Å². The molecule has 1 aromatic rings. The molecule has 0 saturated heterocycles. The minimum absolute atomic E-state index is 0.0586. The molecule has 114 valence electrons. The van der Waals surface area contributed by atoms with Crippen molar-refractivity contribution in [2.24, 2.45) is 11.1 Å². The van der Waals surface area contributed by atoms with E-state index in [-0.39, 0.29) is 17.1 Å². The van der Waals surface area contributed by atoms with E-state index in [1.807, 2.05) is 17.0 Å². The summed E-state index contributed by atoms with van der Waals surface area (Å²) >= 11 is 0. The molecule has 0 unspecified atom stereocenters.